The second-order valence-electron chi connectivity index (χ2n) is 7.26. The third kappa shape index (κ3) is 3.15. The highest BCUT2D eigenvalue weighted by Gasteiger charge is 2.20. The summed E-state index contributed by atoms with van der Waals surface area (Å²) in [6, 6.07) is 16.4. The first-order chi connectivity index (χ1) is 15.1. The Morgan fingerprint density at radius 1 is 1.16 bits per heavy atom. The van der Waals surface area contributed by atoms with Gasteiger partial charge in [0.25, 0.3) is 0 Å². The zero-order valence-corrected chi connectivity index (χ0v) is 17.3. The van der Waals surface area contributed by atoms with Crippen molar-refractivity contribution in [1.82, 2.24) is 19.7 Å². The number of hydrogen-bond donors (Lipinski definition) is 2. The normalized spacial score (nSPS) is 11.3. The van der Waals surface area contributed by atoms with E-state index in [0.29, 0.717) is 28.9 Å². The second-order valence-corrected chi connectivity index (χ2v) is 7.67. The van der Waals surface area contributed by atoms with Crippen molar-refractivity contribution in [3.63, 3.8) is 0 Å². The molecule has 2 aromatic carbocycles. The molecule has 2 N–H and O–H groups in total. The number of aromatic nitrogens is 3. The molecule has 7 heteroatoms. The van der Waals surface area contributed by atoms with E-state index in [0.717, 1.165) is 27.9 Å². The Morgan fingerprint density at radius 3 is 2.77 bits per heavy atom. The Labute approximate surface area is 182 Å². The maximum atomic E-state index is 13.7. The first kappa shape index (κ1) is 19.3. The number of imidazole rings is 1. The van der Waals surface area contributed by atoms with Gasteiger partial charge in [-0.15, -0.1) is 0 Å². The molecule has 0 amide bonds. The molecule has 0 atom stereocenters. The molecule has 5 rings (SSSR count). The molecule has 0 aliphatic heterocycles. The number of rotatable bonds is 4. The second kappa shape index (κ2) is 7.55. The van der Waals surface area contributed by atoms with Gasteiger partial charge in [-0.1, -0.05) is 29.8 Å². The molecular weight excluding hydrogens is 413 g/mol. The summed E-state index contributed by atoms with van der Waals surface area (Å²) in [6.07, 6.45) is 3.87. The van der Waals surface area contributed by atoms with E-state index in [-0.39, 0.29) is 5.02 Å². The molecule has 5 nitrogen and oxygen atoms in total. The summed E-state index contributed by atoms with van der Waals surface area (Å²) in [5, 5.41) is 14.4. The van der Waals surface area contributed by atoms with Crippen molar-refractivity contribution in [3.8, 4) is 28.5 Å². The zero-order chi connectivity index (χ0) is 21.5. The molecule has 0 aliphatic carbocycles. The van der Waals surface area contributed by atoms with Crippen LogP contribution in [0.15, 0.2) is 60.9 Å². The van der Waals surface area contributed by atoms with Gasteiger partial charge in [-0.2, -0.15) is 5.26 Å². The van der Waals surface area contributed by atoms with E-state index in [9.17, 15) is 9.65 Å². The Balaban J connectivity index is 1.89. The molecule has 0 aliphatic rings. The fourth-order valence-corrected chi connectivity index (χ4v) is 4.24. The largest absolute Gasteiger partial charge is 0.360 e. The molecule has 3 heterocycles. The first-order valence-corrected chi connectivity index (χ1v) is 10.1. The number of nitriles is 1. The van der Waals surface area contributed by atoms with Crippen LogP contribution in [-0.2, 0) is 6.54 Å². The fourth-order valence-electron chi connectivity index (χ4n) is 3.98. The van der Waals surface area contributed by atoms with E-state index in [2.05, 4.69) is 16.4 Å². The van der Waals surface area contributed by atoms with E-state index >= 15 is 0 Å². The molecular formula is C24H17ClFN5. The Bertz CT molecular complexity index is 1490. The number of halogens is 2. The molecule has 0 spiro atoms. The van der Waals surface area contributed by atoms with Crippen molar-refractivity contribution >= 4 is 28.2 Å². The summed E-state index contributed by atoms with van der Waals surface area (Å²) in [5.74, 6) is -0.428. The fraction of sp³-hybridized carbons (Fsp3) is 0.0833. The highest BCUT2D eigenvalue weighted by Crippen LogP contribution is 2.38. The van der Waals surface area contributed by atoms with Gasteiger partial charge in [-0.3, -0.25) is 4.40 Å². The smallest absolute Gasteiger partial charge is 0.156 e. The van der Waals surface area contributed by atoms with Gasteiger partial charge in [0.05, 0.1) is 16.4 Å². The van der Waals surface area contributed by atoms with Gasteiger partial charge in [0.2, 0.25) is 0 Å². The van der Waals surface area contributed by atoms with Crippen LogP contribution in [0.1, 0.15) is 11.3 Å². The minimum absolute atomic E-state index is 0.243. The summed E-state index contributed by atoms with van der Waals surface area (Å²) in [6.45, 7) is 0.562. The monoisotopic (exact) mass is 429 g/mol. The molecule has 0 radical (unpaired) electrons. The van der Waals surface area contributed by atoms with Gasteiger partial charge in [-0.05, 0) is 37.4 Å². The number of aromatic amines is 1. The van der Waals surface area contributed by atoms with E-state index in [1.54, 1.807) is 6.07 Å². The van der Waals surface area contributed by atoms with Gasteiger partial charge < -0.3 is 10.3 Å². The molecule has 3 aromatic heterocycles. The molecule has 0 saturated carbocycles. The quantitative estimate of drug-likeness (QED) is 0.394. The van der Waals surface area contributed by atoms with Crippen LogP contribution in [0, 0.1) is 17.1 Å². The SMILES string of the molecule is CNCc1cn2c(-c3c[nH]c4ccccc34)cc(-c3ccc(F)cc3Cl)c(C#N)c2n1. The lowest BCUT2D eigenvalue weighted by Gasteiger charge is -2.13. The molecule has 0 saturated heterocycles. The summed E-state index contributed by atoms with van der Waals surface area (Å²) >= 11 is 6.38. The number of benzene rings is 2. The highest BCUT2D eigenvalue weighted by atomic mass is 35.5. The predicted molar refractivity (Wildman–Crippen MR) is 120 cm³/mol. The van der Waals surface area contributed by atoms with Crippen LogP contribution < -0.4 is 5.32 Å². The summed E-state index contributed by atoms with van der Waals surface area (Å²) < 4.78 is 15.6. The molecule has 31 heavy (non-hydrogen) atoms. The third-order valence-electron chi connectivity index (χ3n) is 5.35. The summed E-state index contributed by atoms with van der Waals surface area (Å²) in [7, 11) is 1.85. The van der Waals surface area contributed by atoms with Gasteiger partial charge >= 0.3 is 0 Å². The molecule has 152 valence electrons. The average Bonchev–Trinajstić information content (AvgIpc) is 3.37. The Morgan fingerprint density at radius 2 is 2.00 bits per heavy atom. The van der Waals surface area contributed by atoms with Gasteiger partial charge in [0, 0.05) is 46.5 Å². The van der Waals surface area contributed by atoms with Crippen molar-refractivity contribution in [2.75, 3.05) is 7.05 Å². The van der Waals surface area contributed by atoms with Crippen LogP contribution in [0.4, 0.5) is 4.39 Å². The Hall–Kier alpha value is -3.66. The maximum Gasteiger partial charge on any atom is 0.156 e. The van der Waals surface area contributed by atoms with Crippen molar-refractivity contribution in [2.24, 2.45) is 0 Å². The number of hydrogen-bond acceptors (Lipinski definition) is 3. The first-order valence-electron chi connectivity index (χ1n) is 9.72. The van der Waals surface area contributed by atoms with E-state index in [1.165, 1.54) is 12.1 Å². The van der Waals surface area contributed by atoms with Crippen molar-refractivity contribution in [1.29, 1.82) is 5.26 Å². The minimum Gasteiger partial charge on any atom is -0.360 e. The molecule has 0 unspecified atom stereocenters. The maximum absolute atomic E-state index is 13.7. The average molecular weight is 430 g/mol. The number of H-pyrrole nitrogens is 1. The lowest BCUT2D eigenvalue weighted by Crippen LogP contribution is -2.04. The topological polar surface area (TPSA) is 68.9 Å². The van der Waals surface area contributed by atoms with Crippen molar-refractivity contribution in [2.45, 2.75) is 6.54 Å². The minimum atomic E-state index is -0.428. The van der Waals surface area contributed by atoms with Crippen LogP contribution in [0.2, 0.25) is 5.02 Å². The number of nitrogens with zero attached hydrogens (tertiary/aromatic N) is 3. The van der Waals surface area contributed by atoms with Crippen molar-refractivity contribution in [3.05, 3.63) is 83.0 Å². The lowest BCUT2D eigenvalue weighted by molar-refractivity contribution is 0.628. The third-order valence-corrected chi connectivity index (χ3v) is 5.66. The van der Waals surface area contributed by atoms with Crippen LogP contribution in [0.25, 0.3) is 38.9 Å². The number of nitrogens with one attached hydrogen (secondary N) is 2. The highest BCUT2D eigenvalue weighted by molar-refractivity contribution is 6.33. The van der Waals surface area contributed by atoms with E-state index in [4.69, 9.17) is 16.6 Å². The molecule has 0 fully saturated rings. The van der Waals surface area contributed by atoms with Crippen LogP contribution >= 0.6 is 11.6 Å². The van der Waals surface area contributed by atoms with Gasteiger partial charge in [-0.25, -0.2) is 9.37 Å². The number of para-hydroxylation sites is 1. The molecule has 5 aromatic rings. The predicted octanol–water partition coefficient (Wildman–Crippen LogP) is 5.53. The van der Waals surface area contributed by atoms with Crippen LogP contribution in [0.5, 0.6) is 0 Å². The zero-order valence-electron chi connectivity index (χ0n) is 16.6. The van der Waals surface area contributed by atoms with Crippen LogP contribution in [0.3, 0.4) is 0 Å². The standard InChI is InChI=1S/C24H17ClFN5/c1-28-11-15-13-31-23(20-12-29-22-5-3-2-4-17(20)22)9-18(19(10-27)24(31)30-15)16-7-6-14(26)8-21(16)25/h2-9,12-13,28-29H,11H2,1H3. The lowest BCUT2D eigenvalue weighted by atomic mass is 9.98. The Kier molecular flexibility index (Phi) is 4.70. The number of fused-ring (bicyclic) bond motifs is 2. The van der Waals surface area contributed by atoms with Gasteiger partial charge in [0.1, 0.15) is 17.4 Å². The summed E-state index contributed by atoms with van der Waals surface area (Å²) in [5.41, 5.74) is 5.76. The molecule has 0 bridgehead atoms. The summed E-state index contributed by atoms with van der Waals surface area (Å²) in [4.78, 5) is 8.01. The van der Waals surface area contributed by atoms with Crippen molar-refractivity contribution < 1.29 is 4.39 Å². The van der Waals surface area contributed by atoms with Crippen LogP contribution in [-0.4, -0.2) is 21.4 Å². The number of pyridine rings is 1. The van der Waals surface area contributed by atoms with Gasteiger partial charge in [0.15, 0.2) is 5.65 Å². The van der Waals surface area contributed by atoms with E-state index in [1.807, 2.05) is 54.2 Å². The van der Waals surface area contributed by atoms with E-state index < -0.39 is 5.82 Å².